The van der Waals surface area contributed by atoms with Crippen LogP contribution in [0.5, 0.6) is 0 Å². The van der Waals surface area contributed by atoms with Crippen LogP contribution in [0.2, 0.25) is 5.02 Å². The summed E-state index contributed by atoms with van der Waals surface area (Å²) < 4.78 is 38.9. The van der Waals surface area contributed by atoms with Crippen LogP contribution in [0.3, 0.4) is 0 Å². The monoisotopic (exact) mass is 306 g/mol. The van der Waals surface area contributed by atoms with E-state index in [0.29, 0.717) is 11.1 Å². The Morgan fingerprint density at radius 1 is 1.35 bits per heavy atom. The summed E-state index contributed by atoms with van der Waals surface area (Å²) in [5.41, 5.74) is -1.19. The molecule has 108 valence electrons. The Hall–Kier alpha value is -1.73. The Morgan fingerprint density at radius 2 is 1.90 bits per heavy atom. The number of carbonyl (C=O) groups excluding carboxylic acids is 1. The largest absolute Gasteiger partial charge is 0.442 e. The molecule has 1 heterocycles. The Balaban J connectivity index is 2.37. The normalized spacial score (nSPS) is 22.5. The van der Waals surface area contributed by atoms with E-state index in [2.05, 4.69) is 5.43 Å². The van der Waals surface area contributed by atoms with Gasteiger partial charge in [0.05, 0.1) is 0 Å². The van der Waals surface area contributed by atoms with Gasteiger partial charge in [0.1, 0.15) is 0 Å². The zero-order valence-corrected chi connectivity index (χ0v) is 11.0. The van der Waals surface area contributed by atoms with E-state index in [1.54, 1.807) is 0 Å². The molecule has 4 nitrogen and oxygen atoms in total. The molecule has 1 aromatic rings. The molecule has 0 aliphatic carbocycles. The number of halogens is 4. The van der Waals surface area contributed by atoms with Crippen molar-refractivity contribution in [3.63, 3.8) is 0 Å². The first-order valence-corrected chi connectivity index (χ1v) is 5.88. The number of carbonyl (C=O) groups is 1. The molecule has 0 saturated carbocycles. The average molecular weight is 307 g/mol. The lowest BCUT2D eigenvalue weighted by molar-refractivity contribution is -0.283. The fourth-order valence-corrected chi connectivity index (χ4v) is 1.92. The van der Waals surface area contributed by atoms with Crippen molar-refractivity contribution >= 4 is 17.5 Å². The fraction of sp³-hybridized carbons (Fsp3) is 0.250. The van der Waals surface area contributed by atoms with Crippen LogP contribution in [0.1, 0.15) is 17.3 Å². The first-order chi connectivity index (χ1) is 9.15. The number of hydrazine groups is 1. The van der Waals surface area contributed by atoms with E-state index in [9.17, 15) is 23.1 Å². The molecule has 1 aliphatic rings. The van der Waals surface area contributed by atoms with Gasteiger partial charge in [-0.1, -0.05) is 11.6 Å². The third-order valence-corrected chi connectivity index (χ3v) is 3.01. The lowest BCUT2D eigenvalue weighted by atomic mass is 10.1. The molecule has 1 atom stereocenters. The van der Waals surface area contributed by atoms with Crippen LogP contribution in [0.25, 0.3) is 0 Å². The van der Waals surface area contributed by atoms with E-state index in [4.69, 9.17) is 11.6 Å². The number of hydrogen-bond donors (Lipinski definition) is 2. The van der Waals surface area contributed by atoms with Gasteiger partial charge in [-0.25, -0.2) is 5.01 Å². The molecule has 0 saturated heterocycles. The molecule has 0 aromatic heterocycles. The Bertz CT molecular complexity index is 571. The van der Waals surface area contributed by atoms with Crippen LogP contribution in [0, 0.1) is 0 Å². The highest BCUT2D eigenvalue weighted by Gasteiger charge is 2.61. The lowest BCUT2D eigenvalue weighted by Crippen LogP contribution is -2.60. The molecule has 1 unspecified atom stereocenters. The van der Waals surface area contributed by atoms with E-state index >= 15 is 0 Å². The number of alkyl halides is 3. The Morgan fingerprint density at radius 3 is 2.40 bits per heavy atom. The summed E-state index contributed by atoms with van der Waals surface area (Å²) in [6.45, 7) is 1.31. The van der Waals surface area contributed by atoms with Gasteiger partial charge in [-0.2, -0.15) is 13.2 Å². The van der Waals surface area contributed by atoms with Crippen molar-refractivity contribution in [1.82, 2.24) is 10.4 Å². The van der Waals surface area contributed by atoms with Gasteiger partial charge in [0.2, 0.25) is 0 Å². The molecule has 2 N–H and O–H groups in total. The minimum absolute atomic E-state index is 0.0205. The zero-order valence-electron chi connectivity index (χ0n) is 10.2. The van der Waals surface area contributed by atoms with Crippen molar-refractivity contribution in [3.8, 4) is 0 Å². The summed E-state index contributed by atoms with van der Waals surface area (Å²) in [6.07, 6.45) is -4.49. The van der Waals surface area contributed by atoms with Gasteiger partial charge in [-0.05, 0) is 37.3 Å². The van der Waals surface area contributed by atoms with Crippen molar-refractivity contribution in [2.45, 2.75) is 18.8 Å². The zero-order chi connectivity index (χ0) is 15.1. The Kier molecular flexibility index (Phi) is 3.43. The maximum absolute atomic E-state index is 13.0. The Labute approximate surface area is 117 Å². The molecule has 0 bridgehead atoms. The molecular weight excluding hydrogens is 297 g/mol. The summed E-state index contributed by atoms with van der Waals surface area (Å²) in [7, 11) is 0. The van der Waals surface area contributed by atoms with Crippen LogP contribution in [-0.2, 0) is 0 Å². The summed E-state index contributed by atoms with van der Waals surface area (Å²) in [5, 5.41) is 10.2. The highest BCUT2D eigenvalue weighted by molar-refractivity contribution is 6.30. The van der Waals surface area contributed by atoms with Gasteiger partial charge in [0.25, 0.3) is 11.6 Å². The van der Waals surface area contributed by atoms with Crippen LogP contribution < -0.4 is 5.43 Å². The molecule has 8 heteroatoms. The minimum atomic E-state index is -5.03. The van der Waals surface area contributed by atoms with E-state index in [1.165, 1.54) is 31.2 Å². The smallest absolute Gasteiger partial charge is 0.359 e. The van der Waals surface area contributed by atoms with Crippen molar-refractivity contribution in [3.05, 3.63) is 46.6 Å². The van der Waals surface area contributed by atoms with E-state index in [0.717, 1.165) is 0 Å². The van der Waals surface area contributed by atoms with Crippen LogP contribution in [0.4, 0.5) is 13.2 Å². The predicted octanol–water partition coefficient (Wildman–Crippen LogP) is 2.46. The van der Waals surface area contributed by atoms with Gasteiger partial charge in [0, 0.05) is 16.3 Å². The SMILES string of the molecule is CC1=CC(O)(C(F)(F)F)N(C(=O)c2ccc(Cl)cc2)N1. The maximum atomic E-state index is 13.0. The maximum Gasteiger partial charge on any atom is 0.442 e. The second-order valence-electron chi connectivity index (χ2n) is 4.31. The van der Waals surface area contributed by atoms with Crippen LogP contribution in [-0.4, -0.2) is 27.9 Å². The molecule has 1 aliphatic heterocycles. The molecule has 0 spiro atoms. The summed E-state index contributed by atoms with van der Waals surface area (Å²) in [4.78, 5) is 12.1. The standard InChI is InChI=1S/C12H10ClF3N2O2/c1-7-6-11(20,12(14,15)16)18(17-7)10(19)8-2-4-9(13)5-3-8/h2-6,17,20H,1H3. The quantitative estimate of drug-likeness (QED) is 0.838. The highest BCUT2D eigenvalue weighted by Crippen LogP contribution is 2.38. The van der Waals surface area contributed by atoms with Crippen molar-refractivity contribution in [2.24, 2.45) is 0 Å². The first-order valence-electron chi connectivity index (χ1n) is 5.50. The highest BCUT2D eigenvalue weighted by atomic mass is 35.5. The van der Waals surface area contributed by atoms with Gasteiger partial charge < -0.3 is 5.11 Å². The van der Waals surface area contributed by atoms with Gasteiger partial charge >= 0.3 is 6.18 Å². The number of nitrogens with zero attached hydrogens (tertiary/aromatic N) is 1. The first kappa shape index (κ1) is 14.7. The third kappa shape index (κ3) is 2.34. The fourth-order valence-electron chi connectivity index (χ4n) is 1.80. The summed E-state index contributed by atoms with van der Waals surface area (Å²) in [5.74, 6) is -1.02. The second-order valence-corrected chi connectivity index (χ2v) is 4.75. The third-order valence-electron chi connectivity index (χ3n) is 2.76. The number of benzene rings is 1. The number of nitrogens with one attached hydrogen (secondary N) is 1. The molecule has 2 rings (SSSR count). The van der Waals surface area contributed by atoms with Crippen LogP contribution in [0.15, 0.2) is 36.0 Å². The molecule has 1 aromatic carbocycles. The number of amides is 1. The number of aliphatic hydroxyl groups is 1. The lowest BCUT2D eigenvalue weighted by Gasteiger charge is -2.33. The number of allylic oxidation sites excluding steroid dienone is 1. The van der Waals surface area contributed by atoms with Gasteiger partial charge in [-0.15, -0.1) is 0 Å². The minimum Gasteiger partial charge on any atom is -0.359 e. The topological polar surface area (TPSA) is 52.6 Å². The molecule has 0 fully saturated rings. The van der Waals surface area contributed by atoms with E-state index < -0.39 is 17.8 Å². The number of hydrogen-bond acceptors (Lipinski definition) is 3. The van der Waals surface area contributed by atoms with E-state index in [1.807, 2.05) is 0 Å². The molecular formula is C12H10ClF3N2O2. The van der Waals surface area contributed by atoms with Crippen molar-refractivity contribution < 1.29 is 23.1 Å². The summed E-state index contributed by atoms with van der Waals surface area (Å²) in [6, 6.07) is 5.29. The average Bonchev–Trinajstić information content (AvgIpc) is 2.65. The summed E-state index contributed by atoms with van der Waals surface area (Å²) >= 11 is 5.65. The molecule has 20 heavy (non-hydrogen) atoms. The molecule has 1 amide bonds. The second kappa shape index (κ2) is 4.68. The van der Waals surface area contributed by atoms with Gasteiger partial charge in [-0.3, -0.25) is 10.2 Å². The van der Waals surface area contributed by atoms with Crippen molar-refractivity contribution in [2.75, 3.05) is 0 Å². The van der Waals surface area contributed by atoms with Crippen molar-refractivity contribution in [1.29, 1.82) is 0 Å². The number of rotatable bonds is 1. The van der Waals surface area contributed by atoms with E-state index in [-0.39, 0.29) is 16.3 Å². The predicted molar refractivity (Wildman–Crippen MR) is 65.5 cm³/mol. The van der Waals surface area contributed by atoms with Gasteiger partial charge in [0.15, 0.2) is 0 Å². The van der Waals surface area contributed by atoms with Crippen LogP contribution >= 0.6 is 11.6 Å². The molecule has 0 radical (unpaired) electrons.